The highest BCUT2D eigenvalue weighted by Crippen LogP contribution is 2.34. The molecule has 1 aliphatic rings. The molecule has 1 aromatic heterocycles. The summed E-state index contributed by atoms with van der Waals surface area (Å²) >= 11 is 0. The lowest BCUT2D eigenvalue weighted by atomic mass is 9.91. The third-order valence-corrected chi connectivity index (χ3v) is 6.33. The molecule has 0 spiro atoms. The van der Waals surface area contributed by atoms with Crippen molar-refractivity contribution in [2.24, 2.45) is 11.8 Å². The molecule has 2 unspecified atom stereocenters. The number of benzene rings is 2. The van der Waals surface area contributed by atoms with E-state index in [4.69, 9.17) is 14.2 Å². The topological polar surface area (TPSA) is 70.0 Å². The average Bonchev–Trinajstić information content (AvgIpc) is 2.83. The van der Waals surface area contributed by atoms with Gasteiger partial charge in [0.2, 0.25) is 0 Å². The minimum absolute atomic E-state index is 0.0877. The molecule has 2 heterocycles. The third kappa shape index (κ3) is 4.47. The number of hydrogen-bond acceptors (Lipinski definition) is 5. The fourth-order valence-corrected chi connectivity index (χ4v) is 4.90. The molecule has 7 heteroatoms. The highest BCUT2D eigenvalue weighted by atomic mass is 16.5. The van der Waals surface area contributed by atoms with E-state index in [-0.39, 0.29) is 11.5 Å². The first kappa shape index (κ1) is 23.7. The fourth-order valence-electron chi connectivity index (χ4n) is 4.90. The van der Waals surface area contributed by atoms with Crippen LogP contribution in [-0.2, 0) is 0 Å². The van der Waals surface area contributed by atoms with E-state index in [0.29, 0.717) is 65.1 Å². The van der Waals surface area contributed by atoms with Crippen molar-refractivity contribution in [1.82, 2.24) is 9.47 Å². The molecule has 1 saturated heterocycles. The number of likely N-dealkylation sites (tertiary alicyclic amines) is 1. The van der Waals surface area contributed by atoms with E-state index >= 15 is 0 Å². The Kier molecular flexibility index (Phi) is 6.82. The van der Waals surface area contributed by atoms with Crippen LogP contribution in [0, 0.1) is 11.8 Å². The van der Waals surface area contributed by atoms with Crippen LogP contribution in [0.15, 0.2) is 47.4 Å². The van der Waals surface area contributed by atoms with Crippen LogP contribution in [0.3, 0.4) is 0 Å². The number of hydrogen-bond donors (Lipinski definition) is 0. The Bertz CT molecular complexity index is 1240. The molecule has 1 aliphatic heterocycles. The van der Waals surface area contributed by atoms with Gasteiger partial charge in [0.15, 0.2) is 11.5 Å². The molecule has 1 fully saturated rings. The van der Waals surface area contributed by atoms with Crippen molar-refractivity contribution in [3.63, 3.8) is 0 Å². The Hall–Kier alpha value is -3.48. The minimum atomic E-state index is -0.239. The molecule has 3 aromatic rings. The maximum Gasteiger partial charge on any atom is 0.263 e. The number of nitrogens with zero attached hydrogens (tertiary/aromatic N) is 2. The molecule has 0 aliphatic carbocycles. The maximum absolute atomic E-state index is 13.8. The Morgan fingerprint density at radius 1 is 0.971 bits per heavy atom. The van der Waals surface area contributed by atoms with E-state index in [1.165, 1.54) is 11.7 Å². The molecule has 34 heavy (non-hydrogen) atoms. The van der Waals surface area contributed by atoms with Crippen LogP contribution in [0.5, 0.6) is 17.2 Å². The maximum atomic E-state index is 13.8. The summed E-state index contributed by atoms with van der Waals surface area (Å²) in [5.74, 6) is 2.39. The van der Waals surface area contributed by atoms with Crippen LogP contribution in [0.25, 0.3) is 16.5 Å². The molecular formula is C27H32N2O5. The number of amides is 1. The Morgan fingerprint density at radius 3 is 2.12 bits per heavy atom. The number of pyridine rings is 1. The first-order valence-corrected chi connectivity index (χ1v) is 11.7. The van der Waals surface area contributed by atoms with Crippen molar-refractivity contribution in [1.29, 1.82) is 0 Å². The average molecular weight is 465 g/mol. The second-order valence-corrected chi connectivity index (χ2v) is 9.05. The van der Waals surface area contributed by atoms with Gasteiger partial charge in [0.25, 0.3) is 11.5 Å². The highest BCUT2D eigenvalue weighted by Gasteiger charge is 2.28. The van der Waals surface area contributed by atoms with Gasteiger partial charge in [-0.05, 0) is 61.6 Å². The summed E-state index contributed by atoms with van der Waals surface area (Å²) in [5.41, 5.74) is 0.877. The smallest absolute Gasteiger partial charge is 0.263 e. The van der Waals surface area contributed by atoms with Gasteiger partial charge in [-0.2, -0.15) is 0 Å². The SMILES string of the molecule is CCOc1ccc(-n2cc(C(=O)N3CC(C)CC(C)C3)c3cc(OC)c(OC)cc3c2=O)cc1. The largest absolute Gasteiger partial charge is 0.494 e. The molecule has 2 atom stereocenters. The normalized spacial score (nSPS) is 18.1. The Labute approximate surface area is 199 Å². The lowest BCUT2D eigenvalue weighted by Crippen LogP contribution is -2.43. The van der Waals surface area contributed by atoms with Gasteiger partial charge < -0.3 is 19.1 Å². The Morgan fingerprint density at radius 2 is 1.56 bits per heavy atom. The van der Waals surface area contributed by atoms with Gasteiger partial charge >= 0.3 is 0 Å². The lowest BCUT2D eigenvalue weighted by Gasteiger charge is -2.35. The van der Waals surface area contributed by atoms with Crippen LogP contribution < -0.4 is 19.8 Å². The van der Waals surface area contributed by atoms with Crippen LogP contribution >= 0.6 is 0 Å². The number of methoxy groups -OCH3 is 2. The summed E-state index contributed by atoms with van der Waals surface area (Å²) in [7, 11) is 3.07. The standard InChI is InChI=1S/C27H32N2O5/c1-6-34-20-9-7-19(8-10-20)29-16-23(26(30)28-14-17(2)11-18(3)15-28)21-12-24(32-4)25(33-5)13-22(21)27(29)31/h7-10,12-13,16-18H,6,11,14-15H2,1-5H3. The summed E-state index contributed by atoms with van der Waals surface area (Å²) in [6, 6.07) is 10.7. The summed E-state index contributed by atoms with van der Waals surface area (Å²) in [6.45, 7) is 8.21. The van der Waals surface area contributed by atoms with Gasteiger partial charge in [0, 0.05) is 30.4 Å². The summed E-state index contributed by atoms with van der Waals surface area (Å²) in [5, 5.41) is 0.955. The number of piperidine rings is 1. The van der Waals surface area contributed by atoms with Gasteiger partial charge in [-0.1, -0.05) is 13.8 Å². The second kappa shape index (κ2) is 9.79. The number of ether oxygens (including phenoxy) is 3. The van der Waals surface area contributed by atoms with Crippen molar-refractivity contribution in [3.8, 4) is 22.9 Å². The fraction of sp³-hybridized carbons (Fsp3) is 0.407. The molecular weight excluding hydrogens is 432 g/mol. The quantitative estimate of drug-likeness (QED) is 0.536. The minimum Gasteiger partial charge on any atom is -0.494 e. The van der Waals surface area contributed by atoms with Crippen molar-refractivity contribution in [2.75, 3.05) is 33.9 Å². The number of fused-ring (bicyclic) bond motifs is 1. The first-order valence-electron chi connectivity index (χ1n) is 11.7. The molecule has 2 aromatic carbocycles. The van der Waals surface area contributed by atoms with E-state index in [1.54, 1.807) is 25.4 Å². The number of aromatic nitrogens is 1. The van der Waals surface area contributed by atoms with E-state index < -0.39 is 0 Å². The van der Waals surface area contributed by atoms with E-state index in [1.807, 2.05) is 36.1 Å². The molecule has 0 N–H and O–H groups in total. The molecule has 0 saturated carbocycles. The number of rotatable bonds is 6. The van der Waals surface area contributed by atoms with E-state index in [0.717, 1.165) is 12.2 Å². The predicted octanol–water partition coefficient (Wildman–Crippen LogP) is 4.52. The van der Waals surface area contributed by atoms with E-state index in [9.17, 15) is 9.59 Å². The third-order valence-electron chi connectivity index (χ3n) is 6.33. The number of carbonyl (C=O) groups is 1. The lowest BCUT2D eigenvalue weighted by molar-refractivity contribution is 0.0624. The van der Waals surface area contributed by atoms with Gasteiger partial charge in [0.1, 0.15) is 5.75 Å². The summed E-state index contributed by atoms with van der Waals surface area (Å²) < 4.78 is 18.0. The van der Waals surface area contributed by atoms with Crippen molar-refractivity contribution < 1.29 is 19.0 Å². The zero-order valence-corrected chi connectivity index (χ0v) is 20.5. The van der Waals surface area contributed by atoms with Gasteiger partial charge in [-0.25, -0.2) is 0 Å². The first-order chi connectivity index (χ1) is 16.4. The van der Waals surface area contributed by atoms with Crippen LogP contribution in [-0.4, -0.2) is 49.3 Å². The van der Waals surface area contributed by atoms with Crippen molar-refractivity contribution in [3.05, 3.63) is 58.5 Å². The van der Waals surface area contributed by atoms with Gasteiger partial charge in [-0.3, -0.25) is 14.2 Å². The van der Waals surface area contributed by atoms with Crippen molar-refractivity contribution in [2.45, 2.75) is 27.2 Å². The van der Waals surface area contributed by atoms with E-state index in [2.05, 4.69) is 13.8 Å². The highest BCUT2D eigenvalue weighted by molar-refractivity contribution is 6.07. The summed E-state index contributed by atoms with van der Waals surface area (Å²) in [6.07, 6.45) is 2.75. The molecule has 0 radical (unpaired) electrons. The predicted molar refractivity (Wildman–Crippen MR) is 133 cm³/mol. The molecule has 4 rings (SSSR count). The number of carbonyl (C=O) groups excluding carboxylic acids is 1. The molecule has 180 valence electrons. The molecule has 1 amide bonds. The van der Waals surface area contributed by atoms with Gasteiger partial charge in [-0.15, -0.1) is 0 Å². The monoisotopic (exact) mass is 464 g/mol. The van der Waals surface area contributed by atoms with Crippen LogP contribution in [0.4, 0.5) is 0 Å². The van der Waals surface area contributed by atoms with Crippen LogP contribution in [0.2, 0.25) is 0 Å². The zero-order chi connectivity index (χ0) is 24.4. The summed E-state index contributed by atoms with van der Waals surface area (Å²) in [4.78, 5) is 29.3. The zero-order valence-electron chi connectivity index (χ0n) is 20.5. The Balaban J connectivity index is 1.92. The van der Waals surface area contributed by atoms with Gasteiger partial charge in [0.05, 0.1) is 31.8 Å². The van der Waals surface area contributed by atoms with Crippen molar-refractivity contribution >= 4 is 16.7 Å². The second-order valence-electron chi connectivity index (χ2n) is 9.05. The molecule has 7 nitrogen and oxygen atoms in total. The molecule has 0 bridgehead atoms. The van der Waals surface area contributed by atoms with Crippen LogP contribution in [0.1, 0.15) is 37.6 Å².